The van der Waals surface area contributed by atoms with Gasteiger partial charge in [-0.1, -0.05) is 36.4 Å². The number of nitrogens with one attached hydrogen (secondary N) is 1. The number of carbonyl (C=O) groups excluding carboxylic acids is 2. The molecule has 1 heterocycles. The largest absolute Gasteiger partial charge is 0.478 e. The van der Waals surface area contributed by atoms with Crippen LogP contribution in [-0.4, -0.2) is 48.5 Å². The summed E-state index contributed by atoms with van der Waals surface area (Å²) in [5.74, 6) is 0.513. The van der Waals surface area contributed by atoms with Crippen LogP contribution in [0.15, 0.2) is 84.9 Å². The molecule has 0 aromatic heterocycles. The van der Waals surface area contributed by atoms with Crippen molar-refractivity contribution >= 4 is 23.2 Å². The quantitative estimate of drug-likeness (QED) is 0.612. The van der Waals surface area contributed by atoms with E-state index < -0.39 is 5.60 Å². The van der Waals surface area contributed by atoms with E-state index in [1.54, 1.807) is 13.8 Å². The Balaban J connectivity index is 1.31. The van der Waals surface area contributed by atoms with Gasteiger partial charge >= 0.3 is 0 Å². The molecule has 0 unspecified atom stereocenters. The SMILES string of the molecule is CC(C)(Oc1ccccc1)C(=O)Nc1ccc(N2CCN(C(=O)c3ccccc3)CC2)cc1. The molecular formula is C27H29N3O3. The molecule has 1 aliphatic rings. The summed E-state index contributed by atoms with van der Waals surface area (Å²) in [7, 11) is 0. The lowest BCUT2D eigenvalue weighted by Gasteiger charge is -2.36. The number of anilines is 2. The summed E-state index contributed by atoms with van der Waals surface area (Å²) in [6.07, 6.45) is 0. The molecule has 0 atom stereocenters. The van der Waals surface area contributed by atoms with Crippen LogP contribution in [0.2, 0.25) is 0 Å². The molecule has 1 aliphatic heterocycles. The fraction of sp³-hybridized carbons (Fsp3) is 0.259. The molecule has 0 radical (unpaired) electrons. The highest BCUT2D eigenvalue weighted by molar-refractivity contribution is 5.97. The fourth-order valence-corrected chi connectivity index (χ4v) is 3.80. The van der Waals surface area contributed by atoms with Gasteiger partial charge in [0, 0.05) is 43.1 Å². The Morgan fingerprint density at radius 3 is 1.97 bits per heavy atom. The number of amides is 2. The molecule has 0 spiro atoms. The number of hydrogen-bond acceptors (Lipinski definition) is 4. The predicted octanol–water partition coefficient (Wildman–Crippen LogP) is 4.45. The third kappa shape index (κ3) is 5.52. The topological polar surface area (TPSA) is 61.9 Å². The summed E-state index contributed by atoms with van der Waals surface area (Å²) in [6.45, 7) is 6.39. The first-order chi connectivity index (χ1) is 15.9. The van der Waals surface area contributed by atoms with Gasteiger partial charge in [-0.3, -0.25) is 9.59 Å². The lowest BCUT2D eigenvalue weighted by Crippen LogP contribution is -2.48. The first kappa shape index (κ1) is 22.4. The normalized spacial score (nSPS) is 14.0. The molecule has 0 saturated carbocycles. The van der Waals surface area contributed by atoms with Crippen molar-refractivity contribution in [3.8, 4) is 5.75 Å². The highest BCUT2D eigenvalue weighted by Crippen LogP contribution is 2.23. The van der Waals surface area contributed by atoms with Crippen LogP contribution in [0.3, 0.4) is 0 Å². The molecule has 2 amide bonds. The van der Waals surface area contributed by atoms with Gasteiger partial charge in [0.15, 0.2) is 5.60 Å². The Kier molecular flexibility index (Phi) is 6.63. The predicted molar refractivity (Wildman–Crippen MR) is 131 cm³/mol. The summed E-state index contributed by atoms with van der Waals surface area (Å²) in [4.78, 5) is 29.6. The zero-order valence-electron chi connectivity index (χ0n) is 19.0. The average molecular weight is 444 g/mol. The molecule has 0 aliphatic carbocycles. The van der Waals surface area contributed by atoms with Crippen molar-refractivity contribution in [2.45, 2.75) is 19.4 Å². The van der Waals surface area contributed by atoms with Gasteiger partial charge in [-0.05, 0) is 62.4 Å². The van der Waals surface area contributed by atoms with Gasteiger partial charge in [0.1, 0.15) is 5.75 Å². The molecule has 1 fully saturated rings. The van der Waals surface area contributed by atoms with Crippen molar-refractivity contribution in [2.24, 2.45) is 0 Å². The van der Waals surface area contributed by atoms with E-state index in [9.17, 15) is 9.59 Å². The molecule has 6 heteroatoms. The summed E-state index contributed by atoms with van der Waals surface area (Å²) < 4.78 is 5.86. The van der Waals surface area contributed by atoms with Crippen LogP contribution in [0.4, 0.5) is 11.4 Å². The molecule has 33 heavy (non-hydrogen) atoms. The van der Waals surface area contributed by atoms with Crippen molar-refractivity contribution < 1.29 is 14.3 Å². The minimum atomic E-state index is -1.01. The summed E-state index contributed by atoms with van der Waals surface area (Å²) in [5, 5.41) is 2.94. The van der Waals surface area contributed by atoms with Crippen LogP contribution in [0.1, 0.15) is 24.2 Å². The summed E-state index contributed by atoms with van der Waals surface area (Å²) >= 11 is 0. The molecule has 1 saturated heterocycles. The van der Waals surface area contributed by atoms with E-state index in [0.717, 1.165) is 24.3 Å². The molecule has 3 aromatic rings. The van der Waals surface area contributed by atoms with E-state index in [1.807, 2.05) is 89.8 Å². The van der Waals surface area contributed by atoms with Gasteiger partial charge in [0.25, 0.3) is 11.8 Å². The molecule has 3 aromatic carbocycles. The second kappa shape index (κ2) is 9.77. The lowest BCUT2D eigenvalue weighted by molar-refractivity contribution is -0.128. The Morgan fingerprint density at radius 2 is 1.36 bits per heavy atom. The third-order valence-corrected chi connectivity index (χ3v) is 5.74. The number of ether oxygens (including phenoxy) is 1. The van der Waals surface area contributed by atoms with E-state index >= 15 is 0 Å². The van der Waals surface area contributed by atoms with E-state index in [2.05, 4.69) is 10.2 Å². The fourth-order valence-electron chi connectivity index (χ4n) is 3.80. The molecule has 0 bridgehead atoms. The Bertz CT molecular complexity index is 1070. The van der Waals surface area contributed by atoms with E-state index in [-0.39, 0.29) is 11.8 Å². The van der Waals surface area contributed by atoms with Crippen molar-refractivity contribution in [3.63, 3.8) is 0 Å². The molecule has 4 rings (SSSR count). The zero-order valence-corrected chi connectivity index (χ0v) is 19.0. The van der Waals surface area contributed by atoms with Crippen molar-refractivity contribution in [1.29, 1.82) is 0 Å². The molecule has 170 valence electrons. The van der Waals surface area contributed by atoms with E-state index in [1.165, 1.54) is 0 Å². The van der Waals surface area contributed by atoms with Crippen molar-refractivity contribution in [3.05, 3.63) is 90.5 Å². The molecule has 1 N–H and O–H groups in total. The van der Waals surface area contributed by atoms with Gasteiger partial charge in [-0.2, -0.15) is 0 Å². The second-order valence-electron chi connectivity index (χ2n) is 8.57. The highest BCUT2D eigenvalue weighted by Gasteiger charge is 2.30. The summed E-state index contributed by atoms with van der Waals surface area (Å²) in [6, 6.07) is 26.5. The van der Waals surface area contributed by atoms with Gasteiger partial charge in [-0.25, -0.2) is 0 Å². The van der Waals surface area contributed by atoms with Gasteiger partial charge < -0.3 is 19.9 Å². The van der Waals surface area contributed by atoms with Crippen LogP contribution < -0.4 is 15.0 Å². The lowest BCUT2D eigenvalue weighted by atomic mass is 10.1. The zero-order chi connectivity index (χ0) is 23.3. The Labute approximate surface area is 194 Å². The van der Waals surface area contributed by atoms with E-state index in [4.69, 9.17) is 4.74 Å². The van der Waals surface area contributed by atoms with Crippen LogP contribution in [0.5, 0.6) is 5.75 Å². The Morgan fingerprint density at radius 1 is 0.788 bits per heavy atom. The minimum absolute atomic E-state index is 0.0775. The maximum absolute atomic E-state index is 12.8. The molecular weight excluding hydrogens is 414 g/mol. The van der Waals surface area contributed by atoms with Crippen LogP contribution in [0, 0.1) is 0 Å². The smallest absolute Gasteiger partial charge is 0.267 e. The number of piperazine rings is 1. The van der Waals surface area contributed by atoms with Crippen molar-refractivity contribution in [1.82, 2.24) is 4.90 Å². The maximum atomic E-state index is 12.8. The molecule has 6 nitrogen and oxygen atoms in total. The number of nitrogens with zero attached hydrogens (tertiary/aromatic N) is 2. The first-order valence-corrected chi connectivity index (χ1v) is 11.2. The van der Waals surface area contributed by atoms with Gasteiger partial charge in [0.05, 0.1) is 0 Å². The minimum Gasteiger partial charge on any atom is -0.478 e. The first-order valence-electron chi connectivity index (χ1n) is 11.2. The Hall–Kier alpha value is -3.80. The van der Waals surface area contributed by atoms with Crippen LogP contribution >= 0.6 is 0 Å². The monoisotopic (exact) mass is 443 g/mol. The standard InChI is InChI=1S/C27H29N3O3/c1-27(2,33-24-11-7-4-8-12-24)26(32)28-22-13-15-23(16-14-22)29-17-19-30(20-18-29)25(31)21-9-5-3-6-10-21/h3-16H,17-20H2,1-2H3,(H,28,32). The maximum Gasteiger partial charge on any atom is 0.267 e. The number of benzene rings is 3. The van der Waals surface area contributed by atoms with E-state index in [0.29, 0.717) is 24.5 Å². The van der Waals surface area contributed by atoms with Crippen LogP contribution in [-0.2, 0) is 4.79 Å². The average Bonchev–Trinajstić information content (AvgIpc) is 2.85. The number of rotatable bonds is 6. The van der Waals surface area contributed by atoms with Gasteiger partial charge in [0.2, 0.25) is 0 Å². The van der Waals surface area contributed by atoms with Crippen molar-refractivity contribution in [2.75, 3.05) is 36.4 Å². The number of hydrogen-bond donors (Lipinski definition) is 1. The second-order valence-corrected chi connectivity index (χ2v) is 8.57. The number of para-hydroxylation sites is 1. The van der Waals surface area contributed by atoms with Crippen LogP contribution in [0.25, 0.3) is 0 Å². The number of carbonyl (C=O) groups is 2. The van der Waals surface area contributed by atoms with Gasteiger partial charge in [-0.15, -0.1) is 0 Å². The summed E-state index contributed by atoms with van der Waals surface area (Å²) in [5.41, 5.74) is 1.50. The highest BCUT2D eigenvalue weighted by atomic mass is 16.5. The third-order valence-electron chi connectivity index (χ3n) is 5.74.